The van der Waals surface area contributed by atoms with E-state index in [2.05, 4.69) is 5.32 Å². The Morgan fingerprint density at radius 2 is 2.41 bits per heavy atom. The van der Waals surface area contributed by atoms with Crippen LogP contribution in [0.25, 0.3) is 0 Å². The molecule has 0 aliphatic carbocycles. The van der Waals surface area contributed by atoms with Crippen LogP contribution in [0, 0.1) is 5.82 Å². The summed E-state index contributed by atoms with van der Waals surface area (Å²) in [5.74, 6) is -0.240. The smallest absolute Gasteiger partial charge is 0.127 e. The lowest BCUT2D eigenvalue weighted by molar-refractivity contribution is 0.0806. The lowest BCUT2D eigenvalue weighted by Gasteiger charge is -2.22. The van der Waals surface area contributed by atoms with Crippen LogP contribution in [0.3, 0.4) is 0 Å². The minimum absolute atomic E-state index is 0.160. The molecule has 17 heavy (non-hydrogen) atoms. The van der Waals surface area contributed by atoms with Gasteiger partial charge in [0.2, 0.25) is 0 Å². The zero-order valence-electron chi connectivity index (χ0n) is 9.88. The van der Waals surface area contributed by atoms with Gasteiger partial charge in [-0.05, 0) is 44.0 Å². The van der Waals surface area contributed by atoms with Gasteiger partial charge in [-0.3, -0.25) is 0 Å². The molecule has 0 spiro atoms. The second-order valence-electron chi connectivity index (χ2n) is 4.39. The number of likely N-dealkylation sites (N-methyl/N-ethyl adjacent to an activating group) is 1. The molecule has 0 aromatic heterocycles. The third kappa shape index (κ3) is 3.18. The van der Waals surface area contributed by atoms with E-state index in [0.717, 1.165) is 19.4 Å². The minimum atomic E-state index is -0.240. The van der Waals surface area contributed by atoms with Gasteiger partial charge in [0.1, 0.15) is 5.82 Å². The largest absolute Gasteiger partial charge is 0.377 e. The SMILES string of the molecule is CNC(Cc1ccc(Cl)cc1F)C1CCCO1. The molecule has 1 aromatic carbocycles. The summed E-state index contributed by atoms with van der Waals surface area (Å²) < 4.78 is 19.3. The van der Waals surface area contributed by atoms with Crippen molar-refractivity contribution in [3.63, 3.8) is 0 Å². The van der Waals surface area contributed by atoms with Gasteiger partial charge in [-0.25, -0.2) is 4.39 Å². The van der Waals surface area contributed by atoms with Crippen LogP contribution < -0.4 is 5.32 Å². The van der Waals surface area contributed by atoms with Gasteiger partial charge in [-0.2, -0.15) is 0 Å². The molecule has 0 saturated carbocycles. The summed E-state index contributed by atoms with van der Waals surface area (Å²) in [6.45, 7) is 0.811. The first-order valence-corrected chi connectivity index (χ1v) is 6.31. The van der Waals surface area contributed by atoms with Crippen LogP contribution in [0.15, 0.2) is 18.2 Å². The molecule has 2 rings (SSSR count). The van der Waals surface area contributed by atoms with Gasteiger partial charge in [0.15, 0.2) is 0 Å². The third-order valence-corrected chi connectivity index (χ3v) is 3.47. The number of halogens is 2. The van der Waals surface area contributed by atoms with Crippen molar-refractivity contribution in [3.8, 4) is 0 Å². The molecule has 2 nitrogen and oxygen atoms in total. The number of benzene rings is 1. The van der Waals surface area contributed by atoms with E-state index >= 15 is 0 Å². The Bertz CT molecular complexity index is 380. The minimum Gasteiger partial charge on any atom is -0.377 e. The second-order valence-corrected chi connectivity index (χ2v) is 4.82. The Morgan fingerprint density at radius 1 is 1.59 bits per heavy atom. The molecule has 1 saturated heterocycles. The standard InChI is InChI=1S/C13H17ClFNO/c1-16-12(13-3-2-6-17-13)7-9-4-5-10(14)8-11(9)15/h4-5,8,12-13,16H,2-3,6-7H2,1H3. The average Bonchev–Trinajstić information content (AvgIpc) is 2.81. The summed E-state index contributed by atoms with van der Waals surface area (Å²) in [5, 5.41) is 3.64. The molecule has 4 heteroatoms. The van der Waals surface area contributed by atoms with Crippen molar-refractivity contribution < 1.29 is 9.13 Å². The fourth-order valence-corrected chi connectivity index (χ4v) is 2.42. The maximum atomic E-state index is 13.7. The molecule has 0 amide bonds. The molecule has 1 aromatic rings. The van der Waals surface area contributed by atoms with Crippen molar-refractivity contribution in [1.29, 1.82) is 0 Å². The van der Waals surface area contributed by atoms with Gasteiger partial charge >= 0.3 is 0 Å². The van der Waals surface area contributed by atoms with E-state index in [0.29, 0.717) is 17.0 Å². The maximum absolute atomic E-state index is 13.7. The highest BCUT2D eigenvalue weighted by Crippen LogP contribution is 2.21. The Hall–Kier alpha value is -0.640. The molecule has 94 valence electrons. The highest BCUT2D eigenvalue weighted by Gasteiger charge is 2.25. The Morgan fingerprint density at radius 3 is 3.00 bits per heavy atom. The molecule has 0 bridgehead atoms. The van der Waals surface area contributed by atoms with Crippen LogP contribution in [0.1, 0.15) is 18.4 Å². The molecule has 1 aliphatic rings. The van der Waals surface area contributed by atoms with E-state index in [9.17, 15) is 4.39 Å². The van der Waals surface area contributed by atoms with Gasteiger partial charge in [0.05, 0.1) is 6.10 Å². The molecular formula is C13H17ClFNO. The fraction of sp³-hybridized carbons (Fsp3) is 0.538. The monoisotopic (exact) mass is 257 g/mol. The molecule has 2 atom stereocenters. The Labute approximate surface area is 106 Å². The number of hydrogen-bond donors (Lipinski definition) is 1. The molecule has 2 unspecified atom stereocenters. The Balaban J connectivity index is 2.06. The van der Waals surface area contributed by atoms with Crippen LogP contribution in [0.5, 0.6) is 0 Å². The van der Waals surface area contributed by atoms with Gasteiger partial charge in [-0.1, -0.05) is 17.7 Å². The van der Waals surface area contributed by atoms with E-state index < -0.39 is 0 Å². The predicted octanol–water partition coefficient (Wildman–Crippen LogP) is 2.79. The summed E-state index contributed by atoms with van der Waals surface area (Å²) >= 11 is 5.73. The van der Waals surface area contributed by atoms with E-state index in [1.165, 1.54) is 6.07 Å². The average molecular weight is 258 g/mol. The maximum Gasteiger partial charge on any atom is 0.127 e. The van der Waals surface area contributed by atoms with Crippen molar-refractivity contribution in [1.82, 2.24) is 5.32 Å². The van der Waals surface area contributed by atoms with Crippen LogP contribution >= 0.6 is 11.6 Å². The normalized spacial score (nSPS) is 21.7. The summed E-state index contributed by atoms with van der Waals surface area (Å²) in [5.41, 5.74) is 0.684. The number of ether oxygens (including phenoxy) is 1. The molecular weight excluding hydrogens is 241 g/mol. The van der Waals surface area contributed by atoms with Crippen LogP contribution in [-0.4, -0.2) is 25.8 Å². The van der Waals surface area contributed by atoms with Gasteiger partial charge in [-0.15, -0.1) is 0 Å². The molecule has 1 heterocycles. The highest BCUT2D eigenvalue weighted by atomic mass is 35.5. The van der Waals surface area contributed by atoms with Gasteiger partial charge in [0, 0.05) is 17.7 Å². The van der Waals surface area contributed by atoms with E-state index in [4.69, 9.17) is 16.3 Å². The van der Waals surface area contributed by atoms with E-state index in [-0.39, 0.29) is 18.0 Å². The first kappa shape index (κ1) is 12.8. The van der Waals surface area contributed by atoms with Crippen LogP contribution in [0.4, 0.5) is 4.39 Å². The van der Waals surface area contributed by atoms with E-state index in [1.807, 2.05) is 7.05 Å². The zero-order chi connectivity index (χ0) is 12.3. The van der Waals surface area contributed by atoms with Gasteiger partial charge < -0.3 is 10.1 Å². The summed E-state index contributed by atoms with van der Waals surface area (Å²) in [6.07, 6.45) is 2.95. The van der Waals surface area contributed by atoms with E-state index in [1.54, 1.807) is 12.1 Å². The predicted molar refractivity (Wildman–Crippen MR) is 66.9 cm³/mol. The topological polar surface area (TPSA) is 21.3 Å². The van der Waals surface area contributed by atoms with Crippen molar-refractivity contribution in [2.75, 3.05) is 13.7 Å². The molecule has 0 radical (unpaired) electrons. The van der Waals surface area contributed by atoms with Crippen molar-refractivity contribution in [2.24, 2.45) is 0 Å². The molecule has 1 fully saturated rings. The summed E-state index contributed by atoms with van der Waals surface area (Å²) in [4.78, 5) is 0. The second kappa shape index (κ2) is 5.80. The van der Waals surface area contributed by atoms with Crippen molar-refractivity contribution in [3.05, 3.63) is 34.6 Å². The highest BCUT2D eigenvalue weighted by molar-refractivity contribution is 6.30. The summed E-state index contributed by atoms with van der Waals surface area (Å²) in [7, 11) is 1.89. The third-order valence-electron chi connectivity index (χ3n) is 3.24. The zero-order valence-corrected chi connectivity index (χ0v) is 10.6. The molecule has 1 N–H and O–H groups in total. The quantitative estimate of drug-likeness (QED) is 0.896. The Kier molecular flexibility index (Phi) is 4.37. The number of rotatable bonds is 4. The number of nitrogens with one attached hydrogen (secondary N) is 1. The molecule has 1 aliphatic heterocycles. The lowest BCUT2D eigenvalue weighted by atomic mass is 9.99. The first-order chi connectivity index (χ1) is 8.20. The van der Waals surface area contributed by atoms with Crippen molar-refractivity contribution >= 4 is 11.6 Å². The van der Waals surface area contributed by atoms with Crippen molar-refractivity contribution in [2.45, 2.75) is 31.4 Å². The number of hydrogen-bond acceptors (Lipinski definition) is 2. The fourth-order valence-electron chi connectivity index (χ4n) is 2.26. The van der Waals surface area contributed by atoms with Gasteiger partial charge in [0.25, 0.3) is 0 Å². The lowest BCUT2D eigenvalue weighted by Crippen LogP contribution is -2.39. The van der Waals surface area contributed by atoms with Crippen LogP contribution in [-0.2, 0) is 11.2 Å². The van der Waals surface area contributed by atoms with Crippen LogP contribution in [0.2, 0.25) is 5.02 Å². The first-order valence-electron chi connectivity index (χ1n) is 5.93. The summed E-state index contributed by atoms with van der Waals surface area (Å²) in [6, 6.07) is 4.99.